The van der Waals surface area contributed by atoms with Crippen LogP contribution < -0.4 is 15.8 Å². The van der Waals surface area contributed by atoms with Crippen LogP contribution >= 0.6 is 11.6 Å². The molecule has 0 saturated carbocycles. The van der Waals surface area contributed by atoms with Gasteiger partial charge < -0.3 is 15.8 Å². The highest BCUT2D eigenvalue weighted by Gasteiger charge is 2.14. The van der Waals surface area contributed by atoms with Gasteiger partial charge in [0.1, 0.15) is 5.75 Å². The molecule has 0 radical (unpaired) electrons. The first-order valence-electron chi connectivity index (χ1n) is 5.34. The number of carbonyl (C=O) groups excluding carboxylic acids is 1. The highest BCUT2D eigenvalue weighted by Crippen LogP contribution is 2.35. The summed E-state index contributed by atoms with van der Waals surface area (Å²) in [4.78, 5) is 11.5. The summed E-state index contributed by atoms with van der Waals surface area (Å²) in [6.45, 7) is 4.05. The lowest BCUT2D eigenvalue weighted by atomic mass is 10.1. The van der Waals surface area contributed by atoms with Gasteiger partial charge in [0.2, 0.25) is 5.91 Å². The molecule has 0 heterocycles. The fraction of sp³-hybridized carbons (Fsp3) is 0.417. The second-order valence-electron chi connectivity index (χ2n) is 3.80. The minimum Gasteiger partial charge on any atom is -0.495 e. The minimum absolute atomic E-state index is 0.145. The molecular weight excluding hydrogens is 240 g/mol. The predicted molar refractivity (Wildman–Crippen MR) is 69.8 cm³/mol. The average Bonchev–Trinajstić information content (AvgIpc) is 2.30. The molecule has 0 atom stereocenters. The first kappa shape index (κ1) is 13.8. The number of ether oxygens (including phenoxy) is 1. The van der Waals surface area contributed by atoms with E-state index in [1.54, 1.807) is 13.2 Å². The quantitative estimate of drug-likeness (QED) is 0.869. The fourth-order valence-corrected chi connectivity index (χ4v) is 1.72. The van der Waals surface area contributed by atoms with Gasteiger partial charge in [0.05, 0.1) is 12.8 Å². The van der Waals surface area contributed by atoms with Gasteiger partial charge in [-0.1, -0.05) is 11.6 Å². The Bertz CT molecular complexity index is 433. The van der Waals surface area contributed by atoms with Crippen LogP contribution in [0, 0.1) is 13.8 Å². The third-order valence-corrected chi connectivity index (χ3v) is 3.08. The first-order chi connectivity index (χ1) is 8.01. The van der Waals surface area contributed by atoms with Crippen molar-refractivity contribution in [2.24, 2.45) is 5.73 Å². The second kappa shape index (κ2) is 5.89. The van der Waals surface area contributed by atoms with Gasteiger partial charge in [-0.2, -0.15) is 0 Å². The van der Waals surface area contributed by atoms with E-state index in [9.17, 15) is 4.79 Å². The molecule has 1 aromatic rings. The molecule has 0 aliphatic rings. The number of amides is 1. The summed E-state index contributed by atoms with van der Waals surface area (Å²) < 4.78 is 5.24. The molecular formula is C12H17ClN2O2. The number of nitrogens with one attached hydrogen (secondary N) is 1. The van der Waals surface area contributed by atoms with Crippen LogP contribution in [0.4, 0.5) is 5.69 Å². The Morgan fingerprint density at radius 3 is 2.71 bits per heavy atom. The zero-order valence-electron chi connectivity index (χ0n) is 10.3. The highest BCUT2D eigenvalue weighted by atomic mass is 35.5. The normalized spacial score (nSPS) is 10.2. The van der Waals surface area contributed by atoms with Gasteiger partial charge >= 0.3 is 0 Å². The molecule has 94 valence electrons. The Hall–Kier alpha value is -1.26. The van der Waals surface area contributed by atoms with E-state index in [0.717, 1.165) is 11.1 Å². The third-order valence-electron chi connectivity index (χ3n) is 2.50. The number of carbonyl (C=O) groups is 1. The molecule has 3 N–H and O–H groups in total. The summed E-state index contributed by atoms with van der Waals surface area (Å²) >= 11 is 6.14. The lowest BCUT2D eigenvalue weighted by Gasteiger charge is -2.15. The molecule has 0 unspecified atom stereocenters. The van der Waals surface area contributed by atoms with E-state index in [1.165, 1.54) is 0 Å². The Balaban J connectivity index is 3.13. The van der Waals surface area contributed by atoms with Crippen LogP contribution in [0.15, 0.2) is 6.07 Å². The molecule has 0 fully saturated rings. The number of halogens is 1. The molecule has 1 rings (SSSR count). The summed E-state index contributed by atoms with van der Waals surface area (Å²) in [6, 6.07) is 1.80. The van der Waals surface area contributed by atoms with Gasteiger partial charge in [0.15, 0.2) is 0 Å². The zero-order valence-corrected chi connectivity index (χ0v) is 11.0. The van der Waals surface area contributed by atoms with E-state index < -0.39 is 0 Å². The van der Waals surface area contributed by atoms with Crippen molar-refractivity contribution in [3.63, 3.8) is 0 Å². The molecule has 0 spiro atoms. The van der Waals surface area contributed by atoms with Crippen molar-refractivity contribution in [2.75, 3.05) is 19.0 Å². The number of methoxy groups -OCH3 is 1. The van der Waals surface area contributed by atoms with Crippen LogP contribution in [-0.2, 0) is 4.79 Å². The maximum absolute atomic E-state index is 11.5. The van der Waals surface area contributed by atoms with E-state index >= 15 is 0 Å². The molecule has 0 bridgehead atoms. The molecule has 0 saturated heterocycles. The lowest BCUT2D eigenvalue weighted by molar-refractivity contribution is -0.116. The molecule has 0 aliphatic heterocycles. The Morgan fingerprint density at radius 2 is 2.18 bits per heavy atom. The number of hydrogen-bond donors (Lipinski definition) is 2. The van der Waals surface area contributed by atoms with Gasteiger partial charge in [0.25, 0.3) is 0 Å². The topological polar surface area (TPSA) is 64.3 Å². The summed E-state index contributed by atoms with van der Waals surface area (Å²) in [5.74, 6) is 0.462. The Kier molecular flexibility index (Phi) is 4.78. The van der Waals surface area contributed by atoms with Crippen LogP contribution in [0.1, 0.15) is 17.5 Å². The van der Waals surface area contributed by atoms with Crippen molar-refractivity contribution in [3.05, 3.63) is 22.2 Å². The van der Waals surface area contributed by atoms with Crippen LogP contribution in [-0.4, -0.2) is 19.6 Å². The van der Waals surface area contributed by atoms with E-state index in [2.05, 4.69) is 5.32 Å². The van der Waals surface area contributed by atoms with Crippen molar-refractivity contribution in [1.82, 2.24) is 0 Å². The van der Waals surface area contributed by atoms with E-state index in [1.807, 2.05) is 13.8 Å². The Morgan fingerprint density at radius 1 is 1.53 bits per heavy atom. The van der Waals surface area contributed by atoms with Crippen molar-refractivity contribution >= 4 is 23.2 Å². The summed E-state index contributed by atoms with van der Waals surface area (Å²) in [6.07, 6.45) is 0.272. The largest absolute Gasteiger partial charge is 0.495 e. The number of hydrogen-bond acceptors (Lipinski definition) is 3. The van der Waals surface area contributed by atoms with E-state index in [4.69, 9.17) is 22.1 Å². The van der Waals surface area contributed by atoms with Gasteiger partial charge in [0, 0.05) is 18.0 Å². The number of anilines is 1. The standard InChI is InChI=1S/C12H17ClN2O2/c1-7-6-9(17-3)12(8(2)11(7)13)15-10(16)4-5-14/h6H,4-5,14H2,1-3H3,(H,15,16). The van der Waals surface area contributed by atoms with Crippen molar-refractivity contribution in [3.8, 4) is 5.75 Å². The molecule has 0 aromatic heterocycles. The van der Waals surface area contributed by atoms with Crippen molar-refractivity contribution in [1.29, 1.82) is 0 Å². The maximum Gasteiger partial charge on any atom is 0.225 e. The summed E-state index contributed by atoms with van der Waals surface area (Å²) in [5.41, 5.74) is 7.65. The predicted octanol–water partition coefficient (Wildman–Crippen LogP) is 2.25. The average molecular weight is 257 g/mol. The monoisotopic (exact) mass is 256 g/mol. The molecule has 17 heavy (non-hydrogen) atoms. The molecule has 1 amide bonds. The number of nitrogens with two attached hydrogens (primary N) is 1. The van der Waals surface area contributed by atoms with Gasteiger partial charge in [-0.25, -0.2) is 0 Å². The van der Waals surface area contributed by atoms with E-state index in [-0.39, 0.29) is 12.3 Å². The van der Waals surface area contributed by atoms with Crippen molar-refractivity contribution in [2.45, 2.75) is 20.3 Å². The lowest BCUT2D eigenvalue weighted by Crippen LogP contribution is -2.17. The highest BCUT2D eigenvalue weighted by molar-refractivity contribution is 6.32. The molecule has 4 nitrogen and oxygen atoms in total. The van der Waals surface area contributed by atoms with Crippen LogP contribution in [0.5, 0.6) is 5.75 Å². The molecule has 0 aliphatic carbocycles. The van der Waals surface area contributed by atoms with Crippen LogP contribution in [0.25, 0.3) is 0 Å². The maximum atomic E-state index is 11.5. The number of rotatable bonds is 4. The third kappa shape index (κ3) is 3.11. The number of aryl methyl sites for hydroxylation is 1. The molecule has 5 heteroatoms. The fourth-order valence-electron chi connectivity index (χ4n) is 1.57. The second-order valence-corrected chi connectivity index (χ2v) is 4.17. The first-order valence-corrected chi connectivity index (χ1v) is 5.72. The van der Waals surface area contributed by atoms with Crippen LogP contribution in [0.2, 0.25) is 5.02 Å². The summed E-state index contributed by atoms with van der Waals surface area (Å²) in [5, 5.41) is 3.40. The Labute approximate surface area is 106 Å². The van der Waals surface area contributed by atoms with Gasteiger partial charge in [-0.15, -0.1) is 0 Å². The minimum atomic E-state index is -0.145. The van der Waals surface area contributed by atoms with Gasteiger partial charge in [-0.3, -0.25) is 4.79 Å². The smallest absolute Gasteiger partial charge is 0.225 e. The van der Waals surface area contributed by atoms with E-state index in [0.29, 0.717) is 23.0 Å². The zero-order chi connectivity index (χ0) is 13.0. The van der Waals surface area contributed by atoms with Gasteiger partial charge in [-0.05, 0) is 31.0 Å². The van der Waals surface area contributed by atoms with Crippen molar-refractivity contribution < 1.29 is 9.53 Å². The molecule has 1 aromatic carbocycles. The summed E-state index contributed by atoms with van der Waals surface area (Å²) in [7, 11) is 1.56. The van der Waals surface area contributed by atoms with Crippen LogP contribution in [0.3, 0.4) is 0 Å². The SMILES string of the molecule is COc1cc(C)c(Cl)c(C)c1NC(=O)CCN. The number of benzene rings is 1.